The van der Waals surface area contributed by atoms with Crippen molar-refractivity contribution in [2.75, 3.05) is 13.1 Å². The number of benzene rings is 1. The quantitative estimate of drug-likeness (QED) is 0.916. The molecule has 2 aromatic rings. The molecule has 1 saturated heterocycles. The predicted molar refractivity (Wildman–Crippen MR) is 83.4 cm³/mol. The lowest BCUT2D eigenvalue weighted by molar-refractivity contribution is 0.393. The van der Waals surface area contributed by atoms with Crippen molar-refractivity contribution >= 4 is 10.0 Å². The van der Waals surface area contributed by atoms with Gasteiger partial charge in [-0.2, -0.15) is 4.31 Å². The monoisotopic (exact) mass is 318 g/mol. The Morgan fingerprint density at radius 3 is 2.50 bits per heavy atom. The molecule has 0 aliphatic carbocycles. The van der Waals surface area contributed by atoms with Crippen molar-refractivity contribution in [2.24, 2.45) is 5.73 Å². The number of hydrogen-bond donors (Lipinski definition) is 1. The Morgan fingerprint density at radius 1 is 1.18 bits per heavy atom. The Morgan fingerprint density at radius 2 is 1.86 bits per heavy atom. The van der Waals surface area contributed by atoms with Gasteiger partial charge in [-0.05, 0) is 12.8 Å². The molecule has 22 heavy (non-hydrogen) atoms. The number of hydrogen-bond acceptors (Lipinski definition) is 5. The highest BCUT2D eigenvalue weighted by atomic mass is 32.2. The van der Waals surface area contributed by atoms with Gasteiger partial charge in [-0.1, -0.05) is 30.3 Å². The maximum absolute atomic E-state index is 12.6. The molecule has 0 spiro atoms. The van der Waals surface area contributed by atoms with Crippen LogP contribution in [0.25, 0.3) is 11.4 Å². The van der Waals surface area contributed by atoms with E-state index < -0.39 is 10.0 Å². The molecular formula is C15H18N4O2S. The first-order chi connectivity index (χ1) is 10.6. The van der Waals surface area contributed by atoms with Crippen molar-refractivity contribution in [2.45, 2.75) is 23.8 Å². The predicted octanol–water partition coefficient (Wildman–Crippen LogP) is 1.26. The van der Waals surface area contributed by atoms with Crippen molar-refractivity contribution in [1.82, 2.24) is 14.3 Å². The maximum atomic E-state index is 12.6. The summed E-state index contributed by atoms with van der Waals surface area (Å²) in [6.07, 6.45) is 4.38. The minimum absolute atomic E-state index is 0.118. The number of nitrogens with two attached hydrogens (primary N) is 1. The lowest BCUT2D eigenvalue weighted by Gasteiger charge is -2.22. The molecular weight excluding hydrogens is 300 g/mol. The van der Waals surface area contributed by atoms with E-state index in [4.69, 9.17) is 5.73 Å². The number of rotatable bonds is 4. The second kappa shape index (κ2) is 6.12. The second-order valence-corrected chi connectivity index (χ2v) is 7.15. The van der Waals surface area contributed by atoms with Gasteiger partial charge in [-0.25, -0.2) is 18.4 Å². The van der Waals surface area contributed by atoms with Crippen LogP contribution in [-0.2, 0) is 10.0 Å². The van der Waals surface area contributed by atoms with Gasteiger partial charge in [0, 0.05) is 24.7 Å². The van der Waals surface area contributed by atoms with E-state index in [1.54, 1.807) is 0 Å². The van der Waals surface area contributed by atoms with E-state index in [1.165, 1.54) is 16.7 Å². The summed E-state index contributed by atoms with van der Waals surface area (Å²) in [5.74, 6) is 0.511. The van der Waals surface area contributed by atoms with E-state index in [2.05, 4.69) is 9.97 Å². The molecule has 1 atom stereocenters. The summed E-state index contributed by atoms with van der Waals surface area (Å²) in [4.78, 5) is 8.50. The van der Waals surface area contributed by atoms with E-state index in [1.807, 2.05) is 30.3 Å². The molecule has 1 aromatic carbocycles. The molecule has 7 heteroatoms. The normalized spacial score (nSPS) is 19.4. The van der Waals surface area contributed by atoms with Crippen LogP contribution in [0.3, 0.4) is 0 Å². The maximum Gasteiger partial charge on any atom is 0.246 e. The molecule has 1 unspecified atom stereocenters. The van der Waals surface area contributed by atoms with Gasteiger partial charge in [0.25, 0.3) is 0 Å². The van der Waals surface area contributed by atoms with Gasteiger partial charge in [0.05, 0.1) is 12.4 Å². The molecule has 6 nitrogen and oxygen atoms in total. The molecule has 0 amide bonds. The zero-order chi connectivity index (χ0) is 15.6. The van der Waals surface area contributed by atoms with Gasteiger partial charge >= 0.3 is 0 Å². The van der Waals surface area contributed by atoms with Crippen LogP contribution in [0, 0.1) is 0 Å². The molecule has 3 rings (SSSR count). The number of sulfonamides is 1. The molecule has 116 valence electrons. The molecule has 1 fully saturated rings. The molecule has 2 N–H and O–H groups in total. The summed E-state index contributed by atoms with van der Waals surface area (Å²) < 4.78 is 26.8. The summed E-state index contributed by atoms with van der Waals surface area (Å²) in [6, 6.07) is 9.32. The highest BCUT2D eigenvalue weighted by Gasteiger charge is 2.34. The SMILES string of the molecule is NCC1CCCN1S(=O)(=O)c1cnc(-c2ccccc2)nc1. The van der Waals surface area contributed by atoms with Gasteiger partial charge in [-0.3, -0.25) is 0 Å². The Kier molecular flexibility index (Phi) is 4.19. The summed E-state index contributed by atoms with van der Waals surface area (Å²) >= 11 is 0. The molecule has 1 aliphatic heterocycles. The van der Waals surface area contributed by atoms with Crippen LogP contribution in [0.2, 0.25) is 0 Å². The minimum atomic E-state index is -3.57. The van der Waals surface area contributed by atoms with Crippen molar-refractivity contribution in [3.8, 4) is 11.4 Å². The second-order valence-electron chi connectivity index (χ2n) is 5.26. The fourth-order valence-corrected chi connectivity index (χ4v) is 4.28. The van der Waals surface area contributed by atoms with Crippen LogP contribution >= 0.6 is 0 Å². The van der Waals surface area contributed by atoms with Crippen LogP contribution in [0.1, 0.15) is 12.8 Å². The summed E-state index contributed by atoms with van der Waals surface area (Å²) in [7, 11) is -3.57. The Bertz CT molecular complexity index is 732. The van der Waals surface area contributed by atoms with E-state index in [9.17, 15) is 8.42 Å². The highest BCUT2D eigenvalue weighted by Crippen LogP contribution is 2.25. The van der Waals surface area contributed by atoms with Crippen LogP contribution in [0.5, 0.6) is 0 Å². The van der Waals surface area contributed by atoms with Crippen LogP contribution in [0.15, 0.2) is 47.6 Å². The summed E-state index contributed by atoms with van der Waals surface area (Å²) in [5.41, 5.74) is 6.52. The average Bonchev–Trinajstić information content (AvgIpc) is 3.05. The molecule has 0 saturated carbocycles. The van der Waals surface area contributed by atoms with E-state index in [-0.39, 0.29) is 10.9 Å². The lowest BCUT2D eigenvalue weighted by Crippen LogP contribution is -2.39. The van der Waals surface area contributed by atoms with Crippen molar-refractivity contribution in [3.63, 3.8) is 0 Å². The summed E-state index contributed by atoms with van der Waals surface area (Å²) in [5, 5.41) is 0. The van der Waals surface area contributed by atoms with Crippen LogP contribution < -0.4 is 5.73 Å². The number of aromatic nitrogens is 2. The standard InChI is InChI=1S/C15H18N4O2S/c16-9-13-7-4-8-19(13)22(20,21)14-10-17-15(18-11-14)12-5-2-1-3-6-12/h1-3,5-6,10-11,13H,4,7-9,16H2. The molecule has 0 radical (unpaired) electrons. The average molecular weight is 318 g/mol. The Hall–Kier alpha value is -1.83. The number of nitrogens with zero attached hydrogens (tertiary/aromatic N) is 3. The minimum Gasteiger partial charge on any atom is -0.329 e. The third-order valence-electron chi connectivity index (χ3n) is 3.86. The van der Waals surface area contributed by atoms with Crippen molar-refractivity contribution in [3.05, 3.63) is 42.7 Å². The smallest absolute Gasteiger partial charge is 0.246 e. The van der Waals surface area contributed by atoms with Gasteiger partial charge in [0.2, 0.25) is 10.0 Å². The summed E-state index contributed by atoms with van der Waals surface area (Å²) in [6.45, 7) is 0.840. The first-order valence-corrected chi connectivity index (χ1v) is 8.66. The fraction of sp³-hybridized carbons (Fsp3) is 0.333. The van der Waals surface area contributed by atoms with Crippen LogP contribution in [-0.4, -0.2) is 41.8 Å². The van der Waals surface area contributed by atoms with Crippen molar-refractivity contribution < 1.29 is 8.42 Å². The van der Waals surface area contributed by atoms with E-state index >= 15 is 0 Å². The van der Waals surface area contributed by atoms with Gasteiger partial charge < -0.3 is 5.73 Å². The lowest BCUT2D eigenvalue weighted by atomic mass is 10.2. The first kappa shape index (κ1) is 15.1. The Balaban J connectivity index is 1.89. The van der Waals surface area contributed by atoms with E-state index in [0.29, 0.717) is 18.9 Å². The molecule has 1 aliphatic rings. The molecule has 0 bridgehead atoms. The van der Waals surface area contributed by atoms with Crippen LogP contribution in [0.4, 0.5) is 0 Å². The Labute approximate surface area is 130 Å². The van der Waals surface area contributed by atoms with Gasteiger partial charge in [0.1, 0.15) is 4.90 Å². The highest BCUT2D eigenvalue weighted by molar-refractivity contribution is 7.89. The largest absolute Gasteiger partial charge is 0.329 e. The molecule has 2 heterocycles. The zero-order valence-corrected chi connectivity index (χ0v) is 12.9. The molecule has 1 aromatic heterocycles. The van der Waals surface area contributed by atoms with Crippen molar-refractivity contribution in [1.29, 1.82) is 0 Å². The topological polar surface area (TPSA) is 89.2 Å². The first-order valence-electron chi connectivity index (χ1n) is 7.22. The van der Waals surface area contributed by atoms with Gasteiger partial charge in [0.15, 0.2) is 5.82 Å². The van der Waals surface area contributed by atoms with Gasteiger partial charge in [-0.15, -0.1) is 0 Å². The third-order valence-corrected chi connectivity index (χ3v) is 5.77. The van der Waals surface area contributed by atoms with E-state index in [0.717, 1.165) is 18.4 Å². The fourth-order valence-electron chi connectivity index (χ4n) is 2.68. The third kappa shape index (κ3) is 2.75. The zero-order valence-electron chi connectivity index (χ0n) is 12.1.